The fourth-order valence-electron chi connectivity index (χ4n) is 2.20. The number of alkyl halides is 6. The molecule has 0 aliphatic rings. The van der Waals surface area contributed by atoms with E-state index in [1.54, 1.807) is 0 Å². The Balaban J connectivity index is 5.37. The van der Waals surface area contributed by atoms with Crippen LogP contribution in [0.2, 0.25) is 0 Å². The first-order valence-electron chi connectivity index (χ1n) is 6.69. The highest BCUT2D eigenvalue weighted by Crippen LogP contribution is 2.34. The van der Waals surface area contributed by atoms with Crippen LogP contribution in [0.25, 0.3) is 0 Å². The summed E-state index contributed by atoms with van der Waals surface area (Å²) in [6, 6.07) is 0. The second kappa shape index (κ2) is 7.69. The second-order valence-electron chi connectivity index (χ2n) is 5.05. The van der Waals surface area contributed by atoms with Gasteiger partial charge in [-0.2, -0.15) is 26.3 Å². The van der Waals surface area contributed by atoms with Crippen molar-refractivity contribution >= 4 is 9.84 Å². The van der Waals surface area contributed by atoms with Crippen molar-refractivity contribution in [1.29, 1.82) is 0 Å². The van der Waals surface area contributed by atoms with Crippen LogP contribution >= 0.6 is 0 Å². The van der Waals surface area contributed by atoms with Crippen molar-refractivity contribution in [3.8, 4) is 0 Å². The number of halogens is 6. The Kier molecular flexibility index (Phi) is 7.52. The highest BCUT2D eigenvalue weighted by Gasteiger charge is 2.44. The van der Waals surface area contributed by atoms with Crippen molar-refractivity contribution in [3.05, 3.63) is 0 Å². The molecule has 128 valence electrons. The van der Waals surface area contributed by atoms with Crippen LogP contribution in [0.4, 0.5) is 26.3 Å². The van der Waals surface area contributed by atoms with Crippen LogP contribution in [0.3, 0.4) is 0 Å². The highest BCUT2D eigenvalue weighted by molar-refractivity contribution is 7.92. The number of rotatable bonds is 8. The lowest BCUT2D eigenvalue weighted by atomic mass is 10.2. The molecule has 0 aromatic carbocycles. The molecular weight excluding hydrogens is 322 g/mol. The molecule has 2 nitrogen and oxygen atoms in total. The maximum atomic E-state index is 12.5. The molecule has 0 aliphatic carbocycles. The predicted molar refractivity (Wildman–Crippen MR) is 67.7 cm³/mol. The average Bonchev–Trinajstić information content (AvgIpc) is 2.24. The van der Waals surface area contributed by atoms with E-state index in [1.807, 2.05) is 0 Å². The normalized spacial score (nSPS) is 16.8. The van der Waals surface area contributed by atoms with E-state index < -0.39 is 45.5 Å². The molecule has 0 saturated heterocycles. The molecule has 0 N–H and O–H groups in total. The minimum Gasteiger partial charge on any atom is -0.228 e. The molecule has 0 radical (unpaired) electrons. The van der Waals surface area contributed by atoms with Gasteiger partial charge >= 0.3 is 12.4 Å². The Labute approximate surface area is 120 Å². The van der Waals surface area contributed by atoms with Crippen molar-refractivity contribution in [2.24, 2.45) is 0 Å². The molecule has 0 aromatic heterocycles. The molecule has 2 atom stereocenters. The third-order valence-corrected chi connectivity index (χ3v) is 5.73. The number of hydrogen-bond acceptors (Lipinski definition) is 2. The fourth-order valence-corrected chi connectivity index (χ4v) is 4.71. The van der Waals surface area contributed by atoms with Crippen LogP contribution in [0, 0.1) is 0 Å². The van der Waals surface area contributed by atoms with E-state index in [2.05, 4.69) is 0 Å². The molecule has 0 amide bonds. The smallest absolute Gasteiger partial charge is 0.228 e. The Morgan fingerprint density at radius 1 is 0.762 bits per heavy atom. The molecule has 0 bridgehead atoms. The summed E-state index contributed by atoms with van der Waals surface area (Å²) in [7, 11) is -4.49. The lowest BCUT2D eigenvalue weighted by molar-refractivity contribution is -0.135. The zero-order chi connectivity index (χ0) is 16.9. The third-order valence-electron chi connectivity index (χ3n) is 3.07. The molecule has 0 aliphatic heterocycles. The molecule has 0 rings (SSSR count). The van der Waals surface area contributed by atoms with E-state index in [1.165, 1.54) is 13.8 Å². The first-order chi connectivity index (χ1) is 9.33. The minimum absolute atomic E-state index is 0.158. The van der Waals surface area contributed by atoms with Crippen LogP contribution in [0.5, 0.6) is 0 Å². The summed E-state index contributed by atoms with van der Waals surface area (Å²) in [4.78, 5) is 0. The van der Waals surface area contributed by atoms with Gasteiger partial charge in [0.25, 0.3) is 0 Å². The van der Waals surface area contributed by atoms with Crippen molar-refractivity contribution in [2.45, 2.75) is 75.2 Å². The summed E-state index contributed by atoms with van der Waals surface area (Å²) in [5.74, 6) is 0. The van der Waals surface area contributed by atoms with Gasteiger partial charge in [-0.3, -0.25) is 0 Å². The van der Waals surface area contributed by atoms with Gasteiger partial charge in [0, 0.05) is 0 Å². The SMILES string of the molecule is CCCC(CC(F)(F)F)S(=O)(=O)C(CCC)CC(F)(F)F. The quantitative estimate of drug-likeness (QED) is 0.602. The molecule has 0 fully saturated rings. The topological polar surface area (TPSA) is 34.1 Å². The van der Waals surface area contributed by atoms with E-state index in [4.69, 9.17) is 0 Å². The summed E-state index contributed by atoms with van der Waals surface area (Å²) in [6.45, 7) is 2.99. The van der Waals surface area contributed by atoms with E-state index >= 15 is 0 Å². The molecular formula is C12H20F6O2S. The largest absolute Gasteiger partial charge is 0.390 e. The molecule has 21 heavy (non-hydrogen) atoms. The minimum atomic E-state index is -4.72. The zero-order valence-corrected chi connectivity index (χ0v) is 12.7. The van der Waals surface area contributed by atoms with Crippen LogP contribution in [-0.4, -0.2) is 31.3 Å². The highest BCUT2D eigenvalue weighted by atomic mass is 32.2. The third kappa shape index (κ3) is 7.92. The van der Waals surface area contributed by atoms with Crippen LogP contribution < -0.4 is 0 Å². The molecule has 0 heterocycles. The Morgan fingerprint density at radius 2 is 1.05 bits per heavy atom. The van der Waals surface area contributed by atoms with Gasteiger partial charge < -0.3 is 0 Å². The Morgan fingerprint density at radius 3 is 1.24 bits per heavy atom. The monoisotopic (exact) mass is 342 g/mol. The first kappa shape index (κ1) is 20.5. The van der Waals surface area contributed by atoms with Gasteiger partial charge in [0.1, 0.15) is 0 Å². The van der Waals surface area contributed by atoms with Gasteiger partial charge in [-0.15, -0.1) is 0 Å². The lowest BCUT2D eigenvalue weighted by Gasteiger charge is -2.25. The second-order valence-corrected chi connectivity index (χ2v) is 7.56. The molecule has 2 unspecified atom stereocenters. The maximum absolute atomic E-state index is 12.5. The van der Waals surface area contributed by atoms with Crippen molar-refractivity contribution < 1.29 is 34.8 Å². The average molecular weight is 342 g/mol. The standard InChI is InChI=1S/C12H20F6O2S/c1-3-5-9(7-11(13,14)15)21(19,20)10(6-4-2)8-12(16,17)18/h9-10H,3-8H2,1-2H3. The number of sulfone groups is 1. The van der Waals surface area contributed by atoms with Crippen LogP contribution in [0.1, 0.15) is 52.4 Å². The van der Waals surface area contributed by atoms with Gasteiger partial charge in [-0.25, -0.2) is 8.42 Å². The summed E-state index contributed by atoms with van der Waals surface area (Å²) < 4.78 is 99.1. The van der Waals surface area contributed by atoms with E-state index in [0.29, 0.717) is 0 Å². The van der Waals surface area contributed by atoms with Crippen molar-refractivity contribution in [2.75, 3.05) is 0 Å². The molecule has 0 aromatic rings. The fraction of sp³-hybridized carbons (Fsp3) is 1.00. The summed E-state index contributed by atoms with van der Waals surface area (Å²) in [6.07, 6.45) is -12.9. The van der Waals surface area contributed by atoms with Gasteiger partial charge in [-0.1, -0.05) is 26.7 Å². The summed E-state index contributed by atoms with van der Waals surface area (Å²) in [5, 5.41) is -3.61. The predicted octanol–water partition coefficient (Wildman–Crippen LogP) is 4.64. The van der Waals surface area contributed by atoms with Gasteiger partial charge in [0.05, 0.1) is 23.3 Å². The van der Waals surface area contributed by atoms with E-state index in [0.717, 1.165) is 0 Å². The van der Waals surface area contributed by atoms with Crippen LogP contribution in [-0.2, 0) is 9.84 Å². The van der Waals surface area contributed by atoms with E-state index in [9.17, 15) is 34.8 Å². The summed E-state index contributed by atoms with van der Waals surface area (Å²) in [5.41, 5.74) is 0. The molecule has 0 saturated carbocycles. The van der Waals surface area contributed by atoms with Gasteiger partial charge in [-0.05, 0) is 12.8 Å². The Hall–Kier alpha value is -0.470. The zero-order valence-electron chi connectivity index (χ0n) is 11.9. The summed E-state index contributed by atoms with van der Waals surface area (Å²) >= 11 is 0. The van der Waals surface area contributed by atoms with Crippen LogP contribution in [0.15, 0.2) is 0 Å². The maximum Gasteiger partial charge on any atom is 0.390 e. The Bertz CT molecular complexity index is 367. The lowest BCUT2D eigenvalue weighted by Crippen LogP contribution is -2.37. The molecule has 9 heteroatoms. The van der Waals surface area contributed by atoms with Crippen molar-refractivity contribution in [1.82, 2.24) is 0 Å². The van der Waals surface area contributed by atoms with Gasteiger partial charge in [0.15, 0.2) is 9.84 Å². The van der Waals surface area contributed by atoms with Gasteiger partial charge in [0.2, 0.25) is 0 Å². The van der Waals surface area contributed by atoms with Crippen molar-refractivity contribution in [3.63, 3.8) is 0 Å². The molecule has 0 spiro atoms. The van der Waals surface area contributed by atoms with E-state index in [-0.39, 0.29) is 25.7 Å². The number of hydrogen-bond donors (Lipinski definition) is 0. The first-order valence-corrected chi connectivity index (χ1v) is 8.30.